The monoisotopic (exact) mass is 363 g/mol. The first-order valence-electron chi connectivity index (χ1n) is 9.11. The second-order valence-electron chi connectivity index (χ2n) is 7.12. The van der Waals surface area contributed by atoms with Crippen LogP contribution in [0, 0.1) is 5.92 Å². The molecule has 1 aromatic rings. The number of nitrogens with zero attached hydrogens (tertiary/aromatic N) is 1. The average Bonchev–Trinajstić information content (AvgIpc) is 2.53. The Morgan fingerprint density at radius 3 is 2.48 bits per heavy atom. The van der Waals surface area contributed by atoms with Crippen molar-refractivity contribution < 1.29 is 9.59 Å². The molecule has 0 radical (unpaired) electrons. The highest BCUT2D eigenvalue weighted by Crippen LogP contribution is 2.38. The molecular formula is C19H26ClN3O2. The smallest absolute Gasteiger partial charge is 0.315 e. The molecular weight excluding hydrogens is 338 g/mol. The van der Waals surface area contributed by atoms with Crippen molar-refractivity contribution in [2.75, 3.05) is 13.1 Å². The molecule has 1 saturated carbocycles. The van der Waals surface area contributed by atoms with E-state index in [1.54, 1.807) is 6.92 Å². The third-order valence-corrected chi connectivity index (χ3v) is 5.63. The van der Waals surface area contributed by atoms with Crippen LogP contribution in [0.15, 0.2) is 24.3 Å². The molecule has 2 aliphatic rings. The summed E-state index contributed by atoms with van der Waals surface area (Å²) in [6.07, 6.45) is 5.09. The summed E-state index contributed by atoms with van der Waals surface area (Å²) in [7, 11) is 0. The molecule has 1 saturated heterocycles. The number of nitrogens with one attached hydrogen (secondary N) is 2. The lowest BCUT2D eigenvalue weighted by atomic mass is 9.77. The molecule has 5 nitrogen and oxygen atoms in total. The van der Waals surface area contributed by atoms with Crippen LogP contribution in [-0.2, 0) is 4.79 Å². The van der Waals surface area contributed by atoms with Gasteiger partial charge in [0.15, 0.2) is 0 Å². The summed E-state index contributed by atoms with van der Waals surface area (Å²) in [4.78, 5) is 25.7. The normalized spacial score (nSPS) is 19.8. The van der Waals surface area contributed by atoms with Gasteiger partial charge in [0.05, 0.1) is 6.04 Å². The summed E-state index contributed by atoms with van der Waals surface area (Å²) in [5, 5.41) is 6.92. The van der Waals surface area contributed by atoms with Gasteiger partial charge in [0.25, 0.3) is 0 Å². The Balaban J connectivity index is 1.57. The van der Waals surface area contributed by atoms with E-state index in [4.69, 9.17) is 11.6 Å². The minimum absolute atomic E-state index is 0.00441. The van der Waals surface area contributed by atoms with Crippen LogP contribution >= 0.6 is 11.6 Å². The number of rotatable bonds is 4. The summed E-state index contributed by atoms with van der Waals surface area (Å²) in [5.41, 5.74) is 1.07. The van der Waals surface area contributed by atoms with Gasteiger partial charge in [-0.15, -0.1) is 0 Å². The van der Waals surface area contributed by atoms with Gasteiger partial charge in [-0.25, -0.2) is 4.79 Å². The fourth-order valence-electron chi connectivity index (χ4n) is 3.65. The van der Waals surface area contributed by atoms with Crippen LogP contribution in [0.25, 0.3) is 0 Å². The number of piperidine rings is 1. The largest absolute Gasteiger partial charge is 0.343 e. The van der Waals surface area contributed by atoms with E-state index in [1.807, 2.05) is 29.2 Å². The minimum atomic E-state index is -0.127. The molecule has 0 spiro atoms. The van der Waals surface area contributed by atoms with Crippen LogP contribution in [0.4, 0.5) is 4.79 Å². The van der Waals surface area contributed by atoms with E-state index in [1.165, 1.54) is 6.42 Å². The van der Waals surface area contributed by atoms with Crippen LogP contribution in [0.5, 0.6) is 0 Å². The Kier molecular flexibility index (Phi) is 5.84. The number of urea groups is 1. The molecule has 2 N–H and O–H groups in total. The van der Waals surface area contributed by atoms with E-state index in [2.05, 4.69) is 10.6 Å². The Bertz CT molecular complexity index is 625. The molecule has 1 aliphatic heterocycles. The predicted molar refractivity (Wildman–Crippen MR) is 98.5 cm³/mol. The minimum Gasteiger partial charge on any atom is -0.343 e. The van der Waals surface area contributed by atoms with Gasteiger partial charge < -0.3 is 15.5 Å². The lowest BCUT2D eigenvalue weighted by Gasteiger charge is -2.36. The number of hydrogen-bond donors (Lipinski definition) is 2. The number of carbonyl (C=O) groups excluding carboxylic acids is 2. The van der Waals surface area contributed by atoms with Gasteiger partial charge in [-0.2, -0.15) is 0 Å². The maximum Gasteiger partial charge on any atom is 0.315 e. The number of amides is 3. The van der Waals surface area contributed by atoms with Gasteiger partial charge >= 0.3 is 6.03 Å². The van der Waals surface area contributed by atoms with Crippen LogP contribution in [-0.4, -0.2) is 36.0 Å². The molecule has 1 aromatic carbocycles. The Morgan fingerprint density at radius 2 is 1.92 bits per heavy atom. The van der Waals surface area contributed by atoms with E-state index >= 15 is 0 Å². The van der Waals surface area contributed by atoms with Crippen molar-refractivity contribution >= 4 is 23.5 Å². The van der Waals surface area contributed by atoms with Crippen molar-refractivity contribution in [3.8, 4) is 0 Å². The Hall–Kier alpha value is -1.75. The van der Waals surface area contributed by atoms with Gasteiger partial charge in [-0.1, -0.05) is 30.2 Å². The molecule has 1 heterocycles. The molecule has 1 aliphatic carbocycles. The predicted octanol–water partition coefficient (Wildman–Crippen LogP) is 3.49. The summed E-state index contributed by atoms with van der Waals surface area (Å²) in [6, 6.07) is 7.75. The zero-order valence-electron chi connectivity index (χ0n) is 14.6. The second kappa shape index (κ2) is 8.09. The number of benzene rings is 1. The van der Waals surface area contributed by atoms with Gasteiger partial charge in [-0.05, 0) is 49.3 Å². The summed E-state index contributed by atoms with van der Waals surface area (Å²) in [6.45, 7) is 3.01. The molecule has 2 fully saturated rings. The molecule has 25 heavy (non-hydrogen) atoms. The fraction of sp³-hybridized carbons (Fsp3) is 0.579. The quantitative estimate of drug-likeness (QED) is 0.860. The van der Waals surface area contributed by atoms with Crippen molar-refractivity contribution in [1.29, 1.82) is 0 Å². The molecule has 3 amide bonds. The first-order chi connectivity index (χ1) is 12.0. The van der Waals surface area contributed by atoms with E-state index in [0.717, 1.165) is 31.2 Å². The molecule has 0 unspecified atom stereocenters. The zero-order chi connectivity index (χ0) is 17.8. The molecule has 6 heteroatoms. The van der Waals surface area contributed by atoms with E-state index < -0.39 is 0 Å². The number of halogens is 1. The zero-order valence-corrected chi connectivity index (χ0v) is 15.4. The topological polar surface area (TPSA) is 61.4 Å². The maximum absolute atomic E-state index is 12.5. The highest BCUT2D eigenvalue weighted by Gasteiger charge is 2.30. The van der Waals surface area contributed by atoms with Crippen molar-refractivity contribution in [3.05, 3.63) is 34.9 Å². The van der Waals surface area contributed by atoms with Gasteiger partial charge in [-0.3, -0.25) is 4.79 Å². The summed E-state index contributed by atoms with van der Waals surface area (Å²) < 4.78 is 0. The third-order valence-electron chi connectivity index (χ3n) is 5.39. The van der Waals surface area contributed by atoms with Crippen molar-refractivity contribution in [1.82, 2.24) is 15.5 Å². The van der Waals surface area contributed by atoms with E-state index in [0.29, 0.717) is 24.0 Å². The van der Waals surface area contributed by atoms with Crippen LogP contribution in [0.1, 0.15) is 50.6 Å². The molecule has 0 bridgehead atoms. The van der Waals surface area contributed by atoms with Crippen LogP contribution in [0.2, 0.25) is 5.02 Å². The van der Waals surface area contributed by atoms with E-state index in [-0.39, 0.29) is 24.0 Å². The van der Waals surface area contributed by atoms with Crippen molar-refractivity contribution in [2.45, 2.75) is 51.1 Å². The summed E-state index contributed by atoms with van der Waals surface area (Å²) >= 11 is 6.13. The highest BCUT2D eigenvalue weighted by molar-refractivity contribution is 6.30. The second-order valence-corrected chi connectivity index (χ2v) is 7.56. The lowest BCUT2D eigenvalue weighted by Crippen LogP contribution is -2.50. The first kappa shape index (κ1) is 18.1. The molecule has 3 rings (SSSR count). The standard InChI is InChI=1S/C19H26ClN3O2/c1-13(24)23-10-8-17(9-11-23)21-19(25)22-18(14-4-2-5-14)15-6-3-7-16(20)12-15/h3,6-7,12,14,17-18H,2,4-5,8-11H2,1H3,(H2,21,22,25)/t18-/m1/s1. The van der Waals surface area contributed by atoms with Gasteiger partial charge in [0.2, 0.25) is 5.91 Å². The molecule has 0 aromatic heterocycles. The summed E-state index contributed by atoms with van der Waals surface area (Å²) in [5.74, 6) is 0.581. The first-order valence-corrected chi connectivity index (χ1v) is 9.48. The fourth-order valence-corrected chi connectivity index (χ4v) is 3.85. The van der Waals surface area contributed by atoms with Crippen LogP contribution in [0.3, 0.4) is 0 Å². The Morgan fingerprint density at radius 1 is 1.20 bits per heavy atom. The van der Waals surface area contributed by atoms with E-state index in [9.17, 15) is 9.59 Å². The van der Waals surface area contributed by atoms with Gasteiger partial charge in [0.1, 0.15) is 0 Å². The maximum atomic E-state index is 12.5. The van der Waals surface area contributed by atoms with Crippen molar-refractivity contribution in [3.63, 3.8) is 0 Å². The average molecular weight is 364 g/mol. The Labute approximate surface area is 154 Å². The van der Waals surface area contributed by atoms with Crippen LogP contribution < -0.4 is 10.6 Å². The molecule has 1 atom stereocenters. The highest BCUT2D eigenvalue weighted by atomic mass is 35.5. The number of carbonyl (C=O) groups is 2. The third kappa shape index (κ3) is 4.66. The number of likely N-dealkylation sites (tertiary alicyclic amines) is 1. The van der Waals surface area contributed by atoms with Crippen molar-refractivity contribution in [2.24, 2.45) is 5.92 Å². The molecule has 136 valence electrons. The van der Waals surface area contributed by atoms with Gasteiger partial charge in [0, 0.05) is 31.1 Å². The lowest BCUT2D eigenvalue weighted by molar-refractivity contribution is -0.129. The number of hydrogen-bond acceptors (Lipinski definition) is 2. The SMILES string of the molecule is CC(=O)N1CCC(NC(=O)N[C@@H](c2cccc(Cl)c2)C2CCC2)CC1.